The number of rotatable bonds is 3. The van der Waals surface area contributed by atoms with Crippen molar-refractivity contribution in [3.8, 4) is 0 Å². The number of aldehydes is 1. The monoisotopic (exact) mass is 214 g/mol. The summed E-state index contributed by atoms with van der Waals surface area (Å²) in [5, 5.41) is 6.99. The SMILES string of the molecule is Cc1ccc(Cc2n[nH]c(C)c2C=O)cc1. The molecule has 0 atom stereocenters. The summed E-state index contributed by atoms with van der Waals surface area (Å²) in [5.74, 6) is 0. The fraction of sp³-hybridized carbons (Fsp3) is 0.231. The first-order valence-corrected chi connectivity index (χ1v) is 5.25. The van der Waals surface area contributed by atoms with E-state index in [0.717, 1.165) is 17.7 Å². The molecule has 2 aromatic rings. The average molecular weight is 214 g/mol. The molecule has 1 N–H and O–H groups in total. The Morgan fingerprint density at radius 2 is 1.94 bits per heavy atom. The van der Waals surface area contributed by atoms with E-state index in [1.807, 2.05) is 6.92 Å². The summed E-state index contributed by atoms with van der Waals surface area (Å²) in [6.45, 7) is 3.91. The lowest BCUT2D eigenvalue weighted by Crippen LogP contribution is -1.93. The van der Waals surface area contributed by atoms with E-state index in [1.54, 1.807) is 0 Å². The van der Waals surface area contributed by atoms with Crippen LogP contribution in [-0.4, -0.2) is 16.5 Å². The fourth-order valence-corrected chi connectivity index (χ4v) is 1.68. The topological polar surface area (TPSA) is 45.8 Å². The van der Waals surface area contributed by atoms with Crippen molar-refractivity contribution in [2.24, 2.45) is 0 Å². The lowest BCUT2D eigenvalue weighted by molar-refractivity contribution is 0.112. The van der Waals surface area contributed by atoms with E-state index in [2.05, 4.69) is 41.4 Å². The van der Waals surface area contributed by atoms with Gasteiger partial charge < -0.3 is 0 Å². The minimum absolute atomic E-state index is 0.681. The van der Waals surface area contributed by atoms with Gasteiger partial charge in [0.25, 0.3) is 0 Å². The summed E-state index contributed by atoms with van der Waals surface area (Å²) >= 11 is 0. The fourth-order valence-electron chi connectivity index (χ4n) is 1.68. The quantitative estimate of drug-likeness (QED) is 0.797. The van der Waals surface area contributed by atoms with Gasteiger partial charge in [-0.15, -0.1) is 0 Å². The molecule has 2 rings (SSSR count). The molecule has 0 fully saturated rings. The standard InChI is InChI=1S/C13H14N2O/c1-9-3-5-11(6-4-9)7-13-12(8-16)10(2)14-15-13/h3-6,8H,7H2,1-2H3,(H,14,15). The number of aryl methyl sites for hydroxylation is 2. The minimum Gasteiger partial charge on any atom is -0.298 e. The summed E-state index contributed by atoms with van der Waals surface area (Å²) < 4.78 is 0. The molecule has 1 aromatic carbocycles. The maximum Gasteiger partial charge on any atom is 0.153 e. The van der Waals surface area contributed by atoms with Gasteiger partial charge >= 0.3 is 0 Å². The second kappa shape index (κ2) is 4.31. The summed E-state index contributed by atoms with van der Waals surface area (Å²) in [7, 11) is 0. The number of carbonyl (C=O) groups is 1. The Balaban J connectivity index is 2.26. The van der Waals surface area contributed by atoms with Crippen LogP contribution in [0.3, 0.4) is 0 Å². The highest BCUT2D eigenvalue weighted by Crippen LogP contribution is 2.13. The van der Waals surface area contributed by atoms with Gasteiger partial charge in [-0.3, -0.25) is 9.89 Å². The number of aromatic amines is 1. The third-order valence-corrected chi connectivity index (χ3v) is 2.68. The van der Waals surface area contributed by atoms with Crippen LogP contribution in [0.1, 0.15) is 32.9 Å². The van der Waals surface area contributed by atoms with E-state index in [1.165, 1.54) is 11.1 Å². The highest BCUT2D eigenvalue weighted by molar-refractivity contribution is 5.78. The molecule has 0 unspecified atom stereocenters. The summed E-state index contributed by atoms with van der Waals surface area (Å²) in [5.41, 5.74) is 4.73. The van der Waals surface area contributed by atoms with Gasteiger partial charge in [-0.25, -0.2) is 0 Å². The first-order valence-electron chi connectivity index (χ1n) is 5.25. The molecule has 3 heteroatoms. The van der Waals surface area contributed by atoms with Gasteiger partial charge in [0.2, 0.25) is 0 Å². The zero-order valence-corrected chi connectivity index (χ0v) is 9.45. The Labute approximate surface area is 94.5 Å². The molecule has 0 aliphatic carbocycles. The van der Waals surface area contributed by atoms with Crippen LogP contribution < -0.4 is 0 Å². The predicted octanol–water partition coefficient (Wildman–Crippen LogP) is 2.43. The van der Waals surface area contributed by atoms with Crippen LogP contribution in [-0.2, 0) is 6.42 Å². The number of benzene rings is 1. The molecule has 0 aliphatic heterocycles. The Hall–Kier alpha value is -1.90. The summed E-state index contributed by atoms with van der Waals surface area (Å²) in [6, 6.07) is 8.26. The largest absolute Gasteiger partial charge is 0.298 e. The Morgan fingerprint density at radius 1 is 1.25 bits per heavy atom. The number of hydrogen-bond donors (Lipinski definition) is 1. The minimum atomic E-state index is 0.681. The maximum atomic E-state index is 10.9. The van der Waals surface area contributed by atoms with Crippen molar-refractivity contribution < 1.29 is 4.79 Å². The van der Waals surface area contributed by atoms with Crippen LogP contribution >= 0.6 is 0 Å². The predicted molar refractivity (Wildman–Crippen MR) is 62.7 cm³/mol. The van der Waals surface area contributed by atoms with Crippen LogP contribution in [0.25, 0.3) is 0 Å². The van der Waals surface area contributed by atoms with E-state index >= 15 is 0 Å². The number of hydrogen-bond acceptors (Lipinski definition) is 2. The Kier molecular flexibility index (Phi) is 2.86. The van der Waals surface area contributed by atoms with Gasteiger partial charge in [0.05, 0.1) is 11.3 Å². The summed E-state index contributed by atoms with van der Waals surface area (Å²) in [6.07, 6.45) is 1.56. The van der Waals surface area contributed by atoms with Crippen molar-refractivity contribution in [1.82, 2.24) is 10.2 Å². The molecule has 0 spiro atoms. The maximum absolute atomic E-state index is 10.9. The number of carbonyl (C=O) groups excluding carboxylic acids is 1. The van der Waals surface area contributed by atoms with Crippen molar-refractivity contribution in [3.63, 3.8) is 0 Å². The average Bonchev–Trinajstić information content (AvgIpc) is 2.63. The van der Waals surface area contributed by atoms with E-state index in [-0.39, 0.29) is 0 Å². The number of aromatic nitrogens is 2. The molecule has 1 aromatic heterocycles. The number of nitrogens with one attached hydrogen (secondary N) is 1. The second-order valence-corrected chi connectivity index (χ2v) is 3.99. The molecule has 0 saturated heterocycles. The molecule has 16 heavy (non-hydrogen) atoms. The summed E-state index contributed by atoms with van der Waals surface area (Å²) in [4.78, 5) is 10.9. The first-order chi connectivity index (χ1) is 7.70. The van der Waals surface area contributed by atoms with E-state index in [0.29, 0.717) is 12.0 Å². The van der Waals surface area contributed by atoms with Gasteiger partial charge in [-0.05, 0) is 19.4 Å². The van der Waals surface area contributed by atoms with E-state index < -0.39 is 0 Å². The van der Waals surface area contributed by atoms with Gasteiger partial charge in [0.15, 0.2) is 6.29 Å². The molecule has 0 aliphatic rings. The van der Waals surface area contributed by atoms with Gasteiger partial charge in [0, 0.05) is 12.1 Å². The highest BCUT2D eigenvalue weighted by Gasteiger charge is 2.09. The first kappa shape index (κ1) is 10.6. The molecule has 0 bridgehead atoms. The molecular weight excluding hydrogens is 200 g/mol. The van der Waals surface area contributed by atoms with Crippen LogP contribution in [0.15, 0.2) is 24.3 Å². The van der Waals surface area contributed by atoms with E-state index in [4.69, 9.17) is 0 Å². The molecule has 0 saturated carbocycles. The molecule has 3 nitrogen and oxygen atoms in total. The molecule has 0 radical (unpaired) electrons. The van der Waals surface area contributed by atoms with Gasteiger partial charge in [0.1, 0.15) is 0 Å². The third-order valence-electron chi connectivity index (χ3n) is 2.68. The molecule has 1 heterocycles. The van der Waals surface area contributed by atoms with Crippen molar-refractivity contribution in [2.45, 2.75) is 20.3 Å². The smallest absolute Gasteiger partial charge is 0.153 e. The normalized spacial score (nSPS) is 10.4. The van der Waals surface area contributed by atoms with Crippen LogP contribution in [0.4, 0.5) is 0 Å². The van der Waals surface area contributed by atoms with Crippen molar-refractivity contribution in [2.75, 3.05) is 0 Å². The lowest BCUT2D eigenvalue weighted by atomic mass is 10.0. The Bertz CT molecular complexity index is 497. The second-order valence-electron chi connectivity index (χ2n) is 3.99. The zero-order valence-electron chi connectivity index (χ0n) is 9.45. The van der Waals surface area contributed by atoms with Crippen LogP contribution in [0.2, 0.25) is 0 Å². The molecular formula is C13H14N2O. The zero-order chi connectivity index (χ0) is 11.5. The van der Waals surface area contributed by atoms with Gasteiger partial charge in [-0.2, -0.15) is 5.10 Å². The van der Waals surface area contributed by atoms with Crippen LogP contribution in [0, 0.1) is 13.8 Å². The lowest BCUT2D eigenvalue weighted by Gasteiger charge is -2.00. The number of nitrogens with zero attached hydrogens (tertiary/aromatic N) is 1. The molecule has 82 valence electrons. The third kappa shape index (κ3) is 2.03. The Morgan fingerprint density at radius 3 is 2.56 bits per heavy atom. The van der Waals surface area contributed by atoms with Gasteiger partial charge in [-0.1, -0.05) is 29.8 Å². The van der Waals surface area contributed by atoms with Crippen molar-refractivity contribution >= 4 is 6.29 Å². The van der Waals surface area contributed by atoms with E-state index in [9.17, 15) is 4.79 Å². The van der Waals surface area contributed by atoms with Crippen LogP contribution in [0.5, 0.6) is 0 Å². The highest BCUT2D eigenvalue weighted by atomic mass is 16.1. The number of H-pyrrole nitrogens is 1. The van der Waals surface area contributed by atoms with Crippen molar-refractivity contribution in [1.29, 1.82) is 0 Å². The van der Waals surface area contributed by atoms with Crippen molar-refractivity contribution in [3.05, 3.63) is 52.3 Å². The molecule has 0 amide bonds.